The van der Waals surface area contributed by atoms with Gasteiger partial charge in [0, 0.05) is 41.3 Å². The van der Waals surface area contributed by atoms with Crippen molar-refractivity contribution in [3.05, 3.63) is 65.9 Å². The van der Waals surface area contributed by atoms with E-state index in [1.165, 1.54) is 13.3 Å². The average molecular weight is 350 g/mol. The number of thiazole rings is 1. The maximum atomic E-state index is 12.2. The normalized spacial score (nSPS) is 10.8. The van der Waals surface area contributed by atoms with Crippen LogP contribution >= 0.6 is 11.3 Å². The molecule has 0 bridgehead atoms. The van der Waals surface area contributed by atoms with Crippen LogP contribution in [0.3, 0.4) is 0 Å². The first kappa shape index (κ1) is 15.3. The molecule has 3 heterocycles. The van der Waals surface area contributed by atoms with E-state index in [9.17, 15) is 4.79 Å². The zero-order valence-electron chi connectivity index (χ0n) is 13.3. The summed E-state index contributed by atoms with van der Waals surface area (Å²) in [6, 6.07) is 10.9. The predicted octanol–water partition coefficient (Wildman–Crippen LogP) is 3.72. The van der Waals surface area contributed by atoms with Crippen LogP contribution in [0.15, 0.2) is 60.4 Å². The number of nitrogens with one attached hydrogen (secondary N) is 1. The molecular weight excluding hydrogens is 336 g/mol. The third-order valence-electron chi connectivity index (χ3n) is 3.74. The number of methoxy groups -OCH3 is 1. The molecule has 0 spiro atoms. The van der Waals surface area contributed by atoms with Gasteiger partial charge in [0.05, 0.1) is 18.4 Å². The first-order valence-electron chi connectivity index (χ1n) is 7.57. The summed E-state index contributed by atoms with van der Waals surface area (Å²) in [6.45, 7) is 0. The molecule has 0 aliphatic carbocycles. The highest BCUT2D eigenvalue weighted by atomic mass is 32.1. The molecule has 1 aromatic carbocycles. The Morgan fingerprint density at radius 3 is 2.72 bits per heavy atom. The van der Waals surface area contributed by atoms with E-state index in [0.717, 1.165) is 16.2 Å². The molecule has 6 nitrogen and oxygen atoms in total. The molecule has 0 saturated heterocycles. The Balaban J connectivity index is 1.49. The van der Waals surface area contributed by atoms with E-state index in [2.05, 4.69) is 15.3 Å². The van der Waals surface area contributed by atoms with Crippen LogP contribution in [0.25, 0.3) is 16.2 Å². The number of aromatic nitrogens is 3. The third-order valence-corrected chi connectivity index (χ3v) is 4.51. The van der Waals surface area contributed by atoms with E-state index < -0.39 is 0 Å². The Kier molecular flexibility index (Phi) is 3.91. The minimum atomic E-state index is -0.217. The summed E-state index contributed by atoms with van der Waals surface area (Å²) in [4.78, 5) is 21.8. The SMILES string of the molecule is COc1ccc(C(=O)Nc2ccc(-c3cn4ccsc4n3)cc2)cn1. The second-order valence-electron chi connectivity index (χ2n) is 5.34. The molecule has 0 atom stereocenters. The van der Waals surface area contributed by atoms with E-state index >= 15 is 0 Å². The molecule has 4 rings (SSSR count). The van der Waals surface area contributed by atoms with Gasteiger partial charge in [0.1, 0.15) is 0 Å². The van der Waals surface area contributed by atoms with Gasteiger partial charge in [-0.15, -0.1) is 11.3 Å². The van der Waals surface area contributed by atoms with Crippen LogP contribution < -0.4 is 10.1 Å². The van der Waals surface area contributed by atoms with Gasteiger partial charge in [0.25, 0.3) is 5.91 Å². The highest BCUT2D eigenvalue weighted by Gasteiger charge is 2.08. The number of imidazole rings is 1. The van der Waals surface area contributed by atoms with Crippen LogP contribution in [0.4, 0.5) is 5.69 Å². The molecule has 1 amide bonds. The summed E-state index contributed by atoms with van der Waals surface area (Å²) < 4.78 is 6.98. The summed E-state index contributed by atoms with van der Waals surface area (Å²) in [5, 5.41) is 4.85. The maximum Gasteiger partial charge on any atom is 0.257 e. The molecule has 3 aromatic heterocycles. The summed E-state index contributed by atoms with van der Waals surface area (Å²) >= 11 is 1.59. The topological polar surface area (TPSA) is 68.5 Å². The maximum absolute atomic E-state index is 12.2. The number of hydrogen-bond acceptors (Lipinski definition) is 5. The van der Waals surface area contributed by atoms with E-state index in [1.54, 1.807) is 23.5 Å². The second-order valence-corrected chi connectivity index (χ2v) is 6.21. The fourth-order valence-electron chi connectivity index (χ4n) is 2.43. The van der Waals surface area contributed by atoms with E-state index in [1.807, 2.05) is 46.4 Å². The molecule has 0 saturated carbocycles. The lowest BCUT2D eigenvalue weighted by atomic mass is 10.1. The lowest BCUT2D eigenvalue weighted by molar-refractivity contribution is 0.102. The van der Waals surface area contributed by atoms with Gasteiger partial charge in [-0.3, -0.25) is 9.20 Å². The molecule has 25 heavy (non-hydrogen) atoms. The Bertz CT molecular complexity index is 991. The van der Waals surface area contributed by atoms with Crippen LogP contribution in [0.2, 0.25) is 0 Å². The quantitative estimate of drug-likeness (QED) is 0.609. The molecule has 0 radical (unpaired) electrons. The molecule has 7 heteroatoms. The number of benzene rings is 1. The number of carbonyl (C=O) groups is 1. The number of pyridine rings is 1. The van der Waals surface area contributed by atoms with Crippen LogP contribution in [0, 0.1) is 0 Å². The molecule has 0 unspecified atom stereocenters. The van der Waals surface area contributed by atoms with Crippen molar-refractivity contribution in [3.63, 3.8) is 0 Å². The number of fused-ring (bicyclic) bond motifs is 1. The van der Waals surface area contributed by atoms with Gasteiger partial charge in [-0.1, -0.05) is 12.1 Å². The number of anilines is 1. The number of nitrogens with zero attached hydrogens (tertiary/aromatic N) is 3. The Hall–Kier alpha value is -3.19. The van der Waals surface area contributed by atoms with Gasteiger partial charge in [-0.2, -0.15) is 0 Å². The van der Waals surface area contributed by atoms with Gasteiger partial charge in [-0.25, -0.2) is 9.97 Å². The van der Waals surface area contributed by atoms with E-state index in [-0.39, 0.29) is 5.91 Å². The van der Waals surface area contributed by atoms with Crippen molar-refractivity contribution in [1.29, 1.82) is 0 Å². The molecule has 0 aliphatic heterocycles. The number of carbonyl (C=O) groups excluding carboxylic acids is 1. The average Bonchev–Trinajstić information content (AvgIpc) is 3.24. The summed E-state index contributed by atoms with van der Waals surface area (Å²) in [5.41, 5.74) is 3.09. The van der Waals surface area contributed by atoms with Gasteiger partial charge in [0.15, 0.2) is 4.96 Å². The fourth-order valence-corrected chi connectivity index (χ4v) is 3.13. The first-order chi connectivity index (χ1) is 12.2. The number of amides is 1. The van der Waals surface area contributed by atoms with Gasteiger partial charge >= 0.3 is 0 Å². The van der Waals surface area contributed by atoms with Gasteiger partial charge < -0.3 is 10.1 Å². The van der Waals surface area contributed by atoms with Crippen molar-refractivity contribution in [1.82, 2.24) is 14.4 Å². The minimum absolute atomic E-state index is 0.217. The largest absolute Gasteiger partial charge is 0.481 e. The zero-order valence-corrected chi connectivity index (χ0v) is 14.2. The van der Waals surface area contributed by atoms with Crippen molar-refractivity contribution in [2.75, 3.05) is 12.4 Å². The molecule has 124 valence electrons. The van der Waals surface area contributed by atoms with Crippen molar-refractivity contribution >= 4 is 27.9 Å². The lowest BCUT2D eigenvalue weighted by Crippen LogP contribution is -2.12. The number of hydrogen-bond donors (Lipinski definition) is 1. The number of ether oxygens (including phenoxy) is 1. The van der Waals surface area contributed by atoms with Crippen LogP contribution in [0.1, 0.15) is 10.4 Å². The van der Waals surface area contributed by atoms with Crippen LogP contribution in [-0.2, 0) is 0 Å². The number of rotatable bonds is 4. The van der Waals surface area contributed by atoms with Crippen molar-refractivity contribution in [2.24, 2.45) is 0 Å². The first-order valence-corrected chi connectivity index (χ1v) is 8.45. The standard InChI is InChI=1S/C18H14N4O2S/c1-24-16-7-4-13(10-19-16)17(23)20-14-5-2-12(3-6-14)15-11-22-8-9-25-18(22)21-15/h2-11H,1H3,(H,20,23). The molecule has 0 aliphatic rings. The van der Waals surface area contributed by atoms with Crippen LogP contribution in [-0.4, -0.2) is 27.4 Å². The molecule has 0 fully saturated rings. The Morgan fingerprint density at radius 2 is 2.04 bits per heavy atom. The summed E-state index contributed by atoms with van der Waals surface area (Å²) in [5.74, 6) is 0.256. The highest BCUT2D eigenvalue weighted by Crippen LogP contribution is 2.23. The van der Waals surface area contributed by atoms with Crippen LogP contribution in [0.5, 0.6) is 5.88 Å². The molecule has 1 N–H and O–H groups in total. The van der Waals surface area contributed by atoms with E-state index in [0.29, 0.717) is 17.1 Å². The Labute approximate surface area is 147 Å². The minimum Gasteiger partial charge on any atom is -0.481 e. The van der Waals surface area contributed by atoms with Crippen molar-refractivity contribution in [2.45, 2.75) is 0 Å². The highest BCUT2D eigenvalue weighted by molar-refractivity contribution is 7.15. The zero-order chi connectivity index (χ0) is 17.2. The van der Waals surface area contributed by atoms with E-state index in [4.69, 9.17) is 4.74 Å². The van der Waals surface area contributed by atoms with Crippen molar-refractivity contribution < 1.29 is 9.53 Å². The Morgan fingerprint density at radius 1 is 1.20 bits per heavy atom. The summed E-state index contributed by atoms with van der Waals surface area (Å²) in [6.07, 6.45) is 5.46. The molecule has 4 aromatic rings. The monoisotopic (exact) mass is 350 g/mol. The third kappa shape index (κ3) is 3.09. The summed E-state index contributed by atoms with van der Waals surface area (Å²) in [7, 11) is 1.54. The molecular formula is C18H14N4O2S. The smallest absolute Gasteiger partial charge is 0.257 e. The predicted molar refractivity (Wildman–Crippen MR) is 97.2 cm³/mol. The van der Waals surface area contributed by atoms with Gasteiger partial charge in [-0.05, 0) is 18.2 Å². The van der Waals surface area contributed by atoms with Gasteiger partial charge in [0.2, 0.25) is 5.88 Å². The second kappa shape index (κ2) is 6.37. The lowest BCUT2D eigenvalue weighted by Gasteiger charge is -2.06. The fraction of sp³-hybridized carbons (Fsp3) is 0.0556. The van der Waals surface area contributed by atoms with Crippen molar-refractivity contribution in [3.8, 4) is 17.1 Å².